The highest BCUT2D eigenvalue weighted by atomic mass is 16.5. The van der Waals surface area contributed by atoms with Crippen molar-refractivity contribution < 1.29 is 14.7 Å². The van der Waals surface area contributed by atoms with E-state index in [0.717, 1.165) is 32.8 Å². The Morgan fingerprint density at radius 3 is 2.68 bits per heavy atom. The van der Waals surface area contributed by atoms with Gasteiger partial charge in [-0.25, -0.2) is 0 Å². The molecule has 0 bridgehead atoms. The number of rotatable bonds is 6. The number of nitrogens with zero attached hydrogens (tertiary/aromatic N) is 2. The lowest BCUT2D eigenvalue weighted by molar-refractivity contribution is -0.124. The predicted molar refractivity (Wildman–Crippen MR) is 72.1 cm³/mol. The van der Waals surface area contributed by atoms with Crippen molar-refractivity contribution in [3.8, 4) is 0 Å². The Kier molecular flexibility index (Phi) is 6.58. The Bertz CT molecular complexity index is 316. The Balaban J connectivity index is 2.41. The van der Waals surface area contributed by atoms with E-state index in [-0.39, 0.29) is 17.8 Å². The molecule has 0 aromatic heterocycles. The second kappa shape index (κ2) is 7.96. The number of amides is 1. The van der Waals surface area contributed by atoms with E-state index < -0.39 is 5.92 Å². The molecule has 1 rings (SSSR count). The van der Waals surface area contributed by atoms with Crippen LogP contribution in [0.3, 0.4) is 0 Å². The first-order valence-electron chi connectivity index (χ1n) is 6.66. The first-order chi connectivity index (χ1) is 9.08. The fraction of sp³-hybridized carbons (Fsp3) is 0.833. The quantitative estimate of drug-likeness (QED) is 0.264. The van der Waals surface area contributed by atoms with Crippen molar-refractivity contribution in [2.24, 2.45) is 16.8 Å². The first-order valence-corrected chi connectivity index (χ1v) is 6.66. The maximum Gasteiger partial charge on any atom is 0.231 e. The Morgan fingerprint density at radius 1 is 1.53 bits per heavy atom. The van der Waals surface area contributed by atoms with Crippen molar-refractivity contribution in [1.82, 2.24) is 10.2 Å². The summed E-state index contributed by atoms with van der Waals surface area (Å²) in [6.45, 7) is 7.81. The fourth-order valence-electron chi connectivity index (χ4n) is 2.16. The second-order valence-electron chi connectivity index (χ2n) is 4.81. The summed E-state index contributed by atoms with van der Waals surface area (Å²) in [5, 5.41) is 14.5. The molecule has 2 atom stereocenters. The predicted octanol–water partition coefficient (Wildman–Crippen LogP) is -0.404. The summed E-state index contributed by atoms with van der Waals surface area (Å²) in [5.74, 6) is -0.811. The summed E-state index contributed by atoms with van der Waals surface area (Å²) in [6.07, 6.45) is 0.506. The van der Waals surface area contributed by atoms with E-state index >= 15 is 0 Å². The molecular weight excluding hydrogens is 248 g/mol. The fourth-order valence-corrected chi connectivity index (χ4v) is 2.16. The molecule has 2 unspecified atom stereocenters. The highest BCUT2D eigenvalue weighted by molar-refractivity contribution is 6.02. The van der Waals surface area contributed by atoms with Gasteiger partial charge in [0.05, 0.1) is 19.1 Å². The summed E-state index contributed by atoms with van der Waals surface area (Å²) in [5.41, 5.74) is 5.50. The van der Waals surface area contributed by atoms with E-state index in [1.165, 1.54) is 0 Å². The molecule has 7 heteroatoms. The van der Waals surface area contributed by atoms with Crippen molar-refractivity contribution in [2.75, 3.05) is 32.8 Å². The smallest absolute Gasteiger partial charge is 0.231 e. The summed E-state index contributed by atoms with van der Waals surface area (Å²) in [7, 11) is 0. The monoisotopic (exact) mass is 272 g/mol. The summed E-state index contributed by atoms with van der Waals surface area (Å²) < 4.78 is 5.27. The number of carbonyl (C=O) groups is 1. The van der Waals surface area contributed by atoms with Gasteiger partial charge >= 0.3 is 0 Å². The number of hydrogen-bond donors (Lipinski definition) is 3. The molecule has 0 aliphatic carbocycles. The van der Waals surface area contributed by atoms with Crippen LogP contribution >= 0.6 is 0 Å². The normalized spacial score (nSPS) is 20.8. The molecule has 0 aromatic carbocycles. The Morgan fingerprint density at radius 2 is 2.16 bits per heavy atom. The molecule has 7 nitrogen and oxygen atoms in total. The third kappa shape index (κ3) is 5.04. The van der Waals surface area contributed by atoms with Crippen LogP contribution in [0, 0.1) is 5.92 Å². The van der Waals surface area contributed by atoms with Crippen LogP contribution in [0.5, 0.6) is 0 Å². The van der Waals surface area contributed by atoms with Gasteiger partial charge in [-0.2, -0.15) is 0 Å². The van der Waals surface area contributed by atoms with Crippen LogP contribution in [0.2, 0.25) is 0 Å². The van der Waals surface area contributed by atoms with Gasteiger partial charge in [0, 0.05) is 25.7 Å². The molecule has 110 valence electrons. The number of hydrogen-bond acceptors (Lipinski definition) is 5. The number of oxime groups is 1. The minimum atomic E-state index is -0.572. The van der Waals surface area contributed by atoms with Gasteiger partial charge in [0.15, 0.2) is 5.84 Å². The van der Waals surface area contributed by atoms with Gasteiger partial charge in [0.25, 0.3) is 0 Å². The molecule has 0 radical (unpaired) electrons. The van der Waals surface area contributed by atoms with Crippen molar-refractivity contribution in [2.45, 2.75) is 26.3 Å². The summed E-state index contributed by atoms with van der Waals surface area (Å²) in [6, 6.07) is 0.0196. The maximum absolute atomic E-state index is 12.0. The molecule has 4 N–H and O–H groups in total. The number of ether oxygens (including phenoxy) is 1. The molecule has 1 heterocycles. The van der Waals surface area contributed by atoms with E-state index in [1.807, 2.05) is 13.8 Å². The van der Waals surface area contributed by atoms with Gasteiger partial charge in [-0.05, 0) is 13.3 Å². The second-order valence-corrected chi connectivity index (χ2v) is 4.81. The highest BCUT2D eigenvalue weighted by Crippen LogP contribution is 2.04. The van der Waals surface area contributed by atoms with Crippen molar-refractivity contribution in [1.29, 1.82) is 0 Å². The van der Waals surface area contributed by atoms with Crippen LogP contribution in [-0.4, -0.2) is 60.7 Å². The average molecular weight is 272 g/mol. The zero-order valence-corrected chi connectivity index (χ0v) is 11.6. The minimum absolute atomic E-state index is 0.0196. The Labute approximate surface area is 113 Å². The molecule has 1 aliphatic heterocycles. The number of amidine groups is 1. The van der Waals surface area contributed by atoms with Crippen molar-refractivity contribution in [3.05, 3.63) is 0 Å². The van der Waals surface area contributed by atoms with E-state index in [2.05, 4.69) is 15.4 Å². The average Bonchev–Trinajstić information content (AvgIpc) is 2.40. The molecule has 1 saturated heterocycles. The number of morpholine rings is 1. The van der Waals surface area contributed by atoms with E-state index in [0.29, 0.717) is 6.42 Å². The van der Waals surface area contributed by atoms with Crippen molar-refractivity contribution >= 4 is 11.7 Å². The van der Waals surface area contributed by atoms with E-state index in [1.54, 1.807) is 0 Å². The lowest BCUT2D eigenvalue weighted by Gasteiger charge is -2.29. The molecule has 1 fully saturated rings. The highest BCUT2D eigenvalue weighted by Gasteiger charge is 2.23. The number of nitrogens with one attached hydrogen (secondary N) is 1. The molecule has 1 aliphatic rings. The molecule has 1 amide bonds. The first kappa shape index (κ1) is 15.7. The van der Waals surface area contributed by atoms with Gasteiger partial charge in [-0.15, -0.1) is 0 Å². The van der Waals surface area contributed by atoms with Gasteiger partial charge in [-0.3, -0.25) is 9.69 Å². The zero-order valence-electron chi connectivity index (χ0n) is 11.6. The zero-order chi connectivity index (χ0) is 14.3. The maximum atomic E-state index is 12.0. The molecular formula is C12H24N4O3. The third-order valence-electron chi connectivity index (χ3n) is 3.22. The molecule has 0 aromatic rings. The van der Waals surface area contributed by atoms with E-state index in [4.69, 9.17) is 15.7 Å². The number of nitrogens with two attached hydrogens (primary N) is 1. The van der Waals surface area contributed by atoms with Gasteiger partial charge in [0.1, 0.15) is 0 Å². The molecule has 0 spiro atoms. The lowest BCUT2D eigenvalue weighted by atomic mass is 10.0. The lowest BCUT2D eigenvalue weighted by Crippen LogP contribution is -2.48. The SMILES string of the molecule is CCC(C(=O)NC(C)CN1CCOCC1)C(N)=NO. The summed E-state index contributed by atoms with van der Waals surface area (Å²) in [4.78, 5) is 14.2. The van der Waals surface area contributed by atoms with Crippen LogP contribution in [-0.2, 0) is 9.53 Å². The van der Waals surface area contributed by atoms with Crippen LogP contribution in [0.25, 0.3) is 0 Å². The van der Waals surface area contributed by atoms with Crippen LogP contribution < -0.4 is 11.1 Å². The third-order valence-corrected chi connectivity index (χ3v) is 3.22. The Hall–Kier alpha value is -1.34. The summed E-state index contributed by atoms with van der Waals surface area (Å²) >= 11 is 0. The standard InChI is InChI=1S/C12H24N4O3/c1-3-10(11(13)15-18)12(17)14-9(2)8-16-4-6-19-7-5-16/h9-10,18H,3-8H2,1-2H3,(H2,13,15)(H,14,17). The van der Waals surface area contributed by atoms with Crippen LogP contribution in [0.15, 0.2) is 5.16 Å². The topological polar surface area (TPSA) is 100 Å². The molecule has 0 saturated carbocycles. The van der Waals surface area contributed by atoms with Crippen LogP contribution in [0.4, 0.5) is 0 Å². The van der Waals surface area contributed by atoms with Gasteiger partial charge in [0.2, 0.25) is 5.91 Å². The van der Waals surface area contributed by atoms with Crippen molar-refractivity contribution in [3.63, 3.8) is 0 Å². The number of carbonyl (C=O) groups excluding carboxylic acids is 1. The van der Waals surface area contributed by atoms with E-state index in [9.17, 15) is 4.79 Å². The largest absolute Gasteiger partial charge is 0.409 e. The van der Waals surface area contributed by atoms with Gasteiger partial charge < -0.3 is 21.0 Å². The van der Waals surface area contributed by atoms with Crippen LogP contribution in [0.1, 0.15) is 20.3 Å². The molecule has 19 heavy (non-hydrogen) atoms. The van der Waals surface area contributed by atoms with Gasteiger partial charge in [-0.1, -0.05) is 12.1 Å². The minimum Gasteiger partial charge on any atom is -0.409 e.